The van der Waals surface area contributed by atoms with Crippen molar-refractivity contribution in [2.75, 3.05) is 6.54 Å². The Bertz CT molecular complexity index is 293. The SMILES string of the molecule is C[C@H](O)CNC(=O)c1ccn(C)n1. The molecule has 0 aliphatic heterocycles. The third-order valence-corrected chi connectivity index (χ3v) is 1.50. The molecule has 0 bridgehead atoms. The number of carbonyl (C=O) groups excluding carboxylic acids is 1. The predicted molar refractivity (Wildman–Crippen MR) is 47.2 cm³/mol. The van der Waals surface area contributed by atoms with Crippen LogP contribution in [0, 0.1) is 0 Å². The summed E-state index contributed by atoms with van der Waals surface area (Å²) in [6.45, 7) is 1.86. The molecule has 0 spiro atoms. The molecular weight excluding hydrogens is 170 g/mol. The zero-order chi connectivity index (χ0) is 9.84. The third-order valence-electron chi connectivity index (χ3n) is 1.50. The number of aromatic nitrogens is 2. The van der Waals surface area contributed by atoms with Gasteiger partial charge in [0.15, 0.2) is 0 Å². The molecule has 5 nitrogen and oxygen atoms in total. The molecule has 1 amide bonds. The summed E-state index contributed by atoms with van der Waals surface area (Å²) in [5.41, 5.74) is 0.364. The molecule has 0 radical (unpaired) electrons. The van der Waals surface area contributed by atoms with E-state index in [1.807, 2.05) is 0 Å². The summed E-state index contributed by atoms with van der Waals surface area (Å²) in [6.07, 6.45) is 1.16. The summed E-state index contributed by atoms with van der Waals surface area (Å²) in [7, 11) is 1.74. The number of hydrogen-bond acceptors (Lipinski definition) is 3. The van der Waals surface area contributed by atoms with Gasteiger partial charge >= 0.3 is 0 Å². The normalized spacial score (nSPS) is 12.5. The Balaban J connectivity index is 2.49. The number of nitrogens with one attached hydrogen (secondary N) is 1. The van der Waals surface area contributed by atoms with E-state index in [-0.39, 0.29) is 12.5 Å². The smallest absolute Gasteiger partial charge is 0.271 e. The molecular formula is C8H13N3O2. The minimum Gasteiger partial charge on any atom is -0.392 e. The van der Waals surface area contributed by atoms with Crippen molar-refractivity contribution in [1.82, 2.24) is 15.1 Å². The Hall–Kier alpha value is -1.36. The van der Waals surface area contributed by atoms with Gasteiger partial charge in [-0.3, -0.25) is 9.48 Å². The van der Waals surface area contributed by atoms with Crippen LogP contribution in [0.3, 0.4) is 0 Å². The second kappa shape index (κ2) is 4.04. The molecule has 0 saturated carbocycles. The van der Waals surface area contributed by atoms with Gasteiger partial charge in [-0.25, -0.2) is 0 Å². The fourth-order valence-corrected chi connectivity index (χ4v) is 0.867. The minimum absolute atomic E-state index is 0.245. The van der Waals surface area contributed by atoms with Gasteiger partial charge in [0.2, 0.25) is 0 Å². The molecule has 1 heterocycles. The van der Waals surface area contributed by atoms with E-state index < -0.39 is 6.10 Å². The summed E-state index contributed by atoms with van der Waals surface area (Å²) in [6, 6.07) is 1.62. The predicted octanol–water partition coefficient (Wildman–Crippen LogP) is -0.469. The van der Waals surface area contributed by atoms with Gasteiger partial charge in [-0.15, -0.1) is 0 Å². The van der Waals surface area contributed by atoms with Gasteiger partial charge in [-0.2, -0.15) is 5.10 Å². The van der Waals surface area contributed by atoms with E-state index in [0.29, 0.717) is 5.69 Å². The molecule has 0 unspecified atom stereocenters. The van der Waals surface area contributed by atoms with E-state index >= 15 is 0 Å². The number of nitrogens with zero attached hydrogens (tertiary/aromatic N) is 2. The van der Waals surface area contributed by atoms with Crippen LogP contribution in [-0.4, -0.2) is 33.4 Å². The topological polar surface area (TPSA) is 67.2 Å². The van der Waals surface area contributed by atoms with Gasteiger partial charge in [0.1, 0.15) is 5.69 Å². The quantitative estimate of drug-likeness (QED) is 0.665. The molecule has 13 heavy (non-hydrogen) atoms. The van der Waals surface area contributed by atoms with Crippen molar-refractivity contribution in [3.63, 3.8) is 0 Å². The van der Waals surface area contributed by atoms with Gasteiger partial charge in [0, 0.05) is 19.8 Å². The van der Waals surface area contributed by atoms with E-state index in [1.165, 1.54) is 0 Å². The van der Waals surface area contributed by atoms with Crippen LogP contribution in [0.25, 0.3) is 0 Å². The molecule has 1 aromatic heterocycles. The van der Waals surface area contributed by atoms with Crippen LogP contribution in [-0.2, 0) is 7.05 Å². The summed E-state index contributed by atoms with van der Waals surface area (Å²) in [5.74, 6) is -0.262. The van der Waals surface area contributed by atoms with E-state index in [0.717, 1.165) is 0 Å². The van der Waals surface area contributed by atoms with Crippen molar-refractivity contribution in [2.24, 2.45) is 7.05 Å². The van der Waals surface area contributed by atoms with E-state index in [4.69, 9.17) is 5.11 Å². The average molecular weight is 183 g/mol. The third kappa shape index (κ3) is 2.87. The maximum Gasteiger partial charge on any atom is 0.271 e. The lowest BCUT2D eigenvalue weighted by Crippen LogP contribution is -2.30. The van der Waals surface area contributed by atoms with Gasteiger partial charge in [-0.1, -0.05) is 0 Å². The molecule has 72 valence electrons. The molecule has 1 rings (SSSR count). The number of rotatable bonds is 3. The lowest BCUT2D eigenvalue weighted by atomic mass is 10.3. The van der Waals surface area contributed by atoms with E-state index in [1.54, 1.807) is 30.9 Å². The summed E-state index contributed by atoms with van der Waals surface area (Å²) in [4.78, 5) is 11.3. The first kappa shape index (κ1) is 9.73. The maximum absolute atomic E-state index is 11.3. The lowest BCUT2D eigenvalue weighted by Gasteiger charge is -2.04. The number of carbonyl (C=O) groups is 1. The molecule has 1 aromatic rings. The summed E-state index contributed by atoms with van der Waals surface area (Å²) in [5, 5.41) is 15.4. The monoisotopic (exact) mass is 183 g/mol. The minimum atomic E-state index is -0.535. The number of amides is 1. The van der Waals surface area contributed by atoms with Crippen LogP contribution in [0.15, 0.2) is 12.3 Å². The zero-order valence-corrected chi connectivity index (χ0v) is 7.69. The first-order valence-corrected chi connectivity index (χ1v) is 4.05. The molecule has 0 aliphatic carbocycles. The van der Waals surface area contributed by atoms with Crippen molar-refractivity contribution >= 4 is 5.91 Å². The van der Waals surface area contributed by atoms with Crippen molar-refractivity contribution in [3.05, 3.63) is 18.0 Å². The summed E-state index contributed by atoms with van der Waals surface area (Å²) < 4.78 is 1.55. The second-order valence-corrected chi connectivity index (χ2v) is 2.93. The van der Waals surface area contributed by atoms with E-state index in [9.17, 15) is 4.79 Å². The Morgan fingerprint density at radius 2 is 2.54 bits per heavy atom. The van der Waals surface area contributed by atoms with Gasteiger partial charge in [0.05, 0.1) is 6.10 Å². The largest absolute Gasteiger partial charge is 0.392 e. The Kier molecular flexibility index (Phi) is 3.02. The fraction of sp³-hybridized carbons (Fsp3) is 0.500. The van der Waals surface area contributed by atoms with Crippen LogP contribution in [0.2, 0.25) is 0 Å². The second-order valence-electron chi connectivity index (χ2n) is 2.93. The summed E-state index contributed by atoms with van der Waals surface area (Å²) >= 11 is 0. The highest BCUT2D eigenvalue weighted by atomic mass is 16.3. The fourth-order valence-electron chi connectivity index (χ4n) is 0.867. The standard InChI is InChI=1S/C8H13N3O2/c1-6(12)5-9-8(13)7-3-4-11(2)10-7/h3-4,6,12H,5H2,1-2H3,(H,9,13)/t6-/m0/s1. The molecule has 0 aromatic carbocycles. The lowest BCUT2D eigenvalue weighted by molar-refractivity contribution is 0.0918. The van der Waals surface area contributed by atoms with Crippen molar-refractivity contribution in [2.45, 2.75) is 13.0 Å². The zero-order valence-electron chi connectivity index (χ0n) is 7.69. The number of aliphatic hydroxyl groups is 1. The van der Waals surface area contributed by atoms with Crippen LogP contribution < -0.4 is 5.32 Å². The Morgan fingerprint density at radius 3 is 3.00 bits per heavy atom. The molecule has 0 fully saturated rings. The van der Waals surface area contributed by atoms with Crippen LogP contribution >= 0.6 is 0 Å². The molecule has 0 aliphatic rings. The van der Waals surface area contributed by atoms with Crippen LogP contribution in [0.4, 0.5) is 0 Å². The van der Waals surface area contributed by atoms with Crippen molar-refractivity contribution in [3.8, 4) is 0 Å². The van der Waals surface area contributed by atoms with Crippen LogP contribution in [0.5, 0.6) is 0 Å². The molecule has 1 atom stereocenters. The maximum atomic E-state index is 11.3. The van der Waals surface area contributed by atoms with Gasteiger partial charge in [0.25, 0.3) is 5.91 Å². The Labute approximate surface area is 76.4 Å². The van der Waals surface area contributed by atoms with Crippen molar-refractivity contribution < 1.29 is 9.90 Å². The highest BCUT2D eigenvalue weighted by Gasteiger charge is 2.08. The first-order valence-electron chi connectivity index (χ1n) is 4.05. The van der Waals surface area contributed by atoms with Gasteiger partial charge < -0.3 is 10.4 Å². The van der Waals surface area contributed by atoms with E-state index in [2.05, 4.69) is 10.4 Å². The Morgan fingerprint density at radius 1 is 1.85 bits per heavy atom. The first-order chi connectivity index (χ1) is 6.09. The highest BCUT2D eigenvalue weighted by molar-refractivity contribution is 5.92. The number of aliphatic hydroxyl groups excluding tert-OH is 1. The number of aryl methyl sites for hydroxylation is 1. The molecule has 2 N–H and O–H groups in total. The number of hydrogen-bond donors (Lipinski definition) is 2. The average Bonchev–Trinajstić information content (AvgIpc) is 2.47. The highest BCUT2D eigenvalue weighted by Crippen LogP contribution is 1.93. The molecule has 5 heteroatoms. The van der Waals surface area contributed by atoms with Gasteiger partial charge in [-0.05, 0) is 13.0 Å². The molecule has 0 saturated heterocycles. The van der Waals surface area contributed by atoms with Crippen molar-refractivity contribution in [1.29, 1.82) is 0 Å². The van der Waals surface area contributed by atoms with Crippen LogP contribution in [0.1, 0.15) is 17.4 Å².